The van der Waals surface area contributed by atoms with Crippen LogP contribution in [0.2, 0.25) is 0 Å². The van der Waals surface area contributed by atoms with Crippen LogP contribution < -0.4 is 16.0 Å². The fourth-order valence-corrected chi connectivity index (χ4v) is 3.57. The largest absolute Gasteiger partial charge is 0.327 e. The van der Waals surface area contributed by atoms with Gasteiger partial charge in [-0.15, -0.1) is 0 Å². The number of hydrogen-bond donors (Lipinski definition) is 3. The number of benzene rings is 3. The van der Waals surface area contributed by atoms with E-state index in [0.717, 1.165) is 21.9 Å². The van der Waals surface area contributed by atoms with Gasteiger partial charge in [0.1, 0.15) is 0 Å². The minimum absolute atomic E-state index is 0.244. The number of amides is 3. The number of hydrogen-bond acceptors (Lipinski definition) is 2. The first-order valence-electron chi connectivity index (χ1n) is 9.17. The van der Waals surface area contributed by atoms with Crippen LogP contribution in [0.1, 0.15) is 24.1 Å². The molecule has 1 atom stereocenters. The average molecular weight is 371 g/mol. The molecule has 0 bridgehead atoms. The highest BCUT2D eigenvalue weighted by molar-refractivity contribution is 6.07. The summed E-state index contributed by atoms with van der Waals surface area (Å²) in [5.74, 6) is -0.244. The van der Waals surface area contributed by atoms with Crippen molar-refractivity contribution in [2.24, 2.45) is 0 Å². The number of carbonyl (C=O) groups excluding carboxylic acids is 2. The topological polar surface area (TPSA) is 70.2 Å². The van der Waals surface area contributed by atoms with E-state index >= 15 is 0 Å². The Morgan fingerprint density at radius 2 is 1.64 bits per heavy atom. The van der Waals surface area contributed by atoms with Crippen molar-refractivity contribution in [3.8, 4) is 0 Å². The lowest BCUT2D eigenvalue weighted by molar-refractivity contribution is -0.113. The maximum atomic E-state index is 13.1. The first kappa shape index (κ1) is 17.8. The third kappa shape index (κ3) is 3.34. The van der Waals surface area contributed by atoms with Crippen LogP contribution in [0.4, 0.5) is 10.5 Å². The average Bonchev–Trinajstić information content (AvgIpc) is 2.68. The number of anilines is 1. The molecular weight excluding hydrogens is 350 g/mol. The minimum Gasteiger partial charge on any atom is -0.327 e. The lowest BCUT2D eigenvalue weighted by Crippen LogP contribution is -2.46. The van der Waals surface area contributed by atoms with Crippen molar-refractivity contribution in [2.45, 2.75) is 19.9 Å². The number of aryl methyl sites for hydroxylation is 1. The first-order valence-corrected chi connectivity index (χ1v) is 9.17. The second-order valence-electron chi connectivity index (χ2n) is 6.96. The van der Waals surface area contributed by atoms with Gasteiger partial charge in [0.2, 0.25) is 0 Å². The molecule has 3 aromatic carbocycles. The molecule has 28 heavy (non-hydrogen) atoms. The van der Waals surface area contributed by atoms with Gasteiger partial charge in [0.25, 0.3) is 5.91 Å². The molecule has 5 heteroatoms. The van der Waals surface area contributed by atoms with Crippen LogP contribution in [0.25, 0.3) is 10.8 Å². The van der Waals surface area contributed by atoms with E-state index in [1.165, 1.54) is 0 Å². The molecule has 0 saturated heterocycles. The van der Waals surface area contributed by atoms with Gasteiger partial charge in [-0.25, -0.2) is 4.79 Å². The summed E-state index contributed by atoms with van der Waals surface area (Å²) in [6.45, 7) is 3.75. The predicted molar refractivity (Wildman–Crippen MR) is 111 cm³/mol. The van der Waals surface area contributed by atoms with Gasteiger partial charge < -0.3 is 16.0 Å². The standard InChI is InChI=1S/C23H21N3O2/c1-14-10-12-17(13-11-14)25-22(27)20-15(2)24-23(28)26-21(20)19-9-5-7-16-6-3-4-8-18(16)19/h3-13,21H,1-2H3,(H,25,27)(H2,24,26,28). The highest BCUT2D eigenvalue weighted by Crippen LogP contribution is 2.32. The molecule has 4 rings (SSSR count). The van der Waals surface area contributed by atoms with Gasteiger partial charge >= 0.3 is 6.03 Å². The molecule has 0 aliphatic carbocycles. The Kier molecular flexibility index (Phi) is 4.57. The molecule has 1 unspecified atom stereocenters. The predicted octanol–water partition coefficient (Wildman–Crippen LogP) is 4.41. The number of carbonyl (C=O) groups is 2. The Hall–Kier alpha value is -3.60. The van der Waals surface area contributed by atoms with Crippen LogP contribution in [0.3, 0.4) is 0 Å². The summed E-state index contributed by atoms with van der Waals surface area (Å²) in [7, 11) is 0. The van der Waals surface area contributed by atoms with E-state index < -0.39 is 6.04 Å². The SMILES string of the molecule is CC1=C(C(=O)Nc2ccc(C)cc2)C(c2cccc3ccccc23)NC(=O)N1. The monoisotopic (exact) mass is 371 g/mol. The zero-order valence-electron chi connectivity index (χ0n) is 15.7. The van der Waals surface area contributed by atoms with Gasteiger partial charge in [0, 0.05) is 11.4 Å². The van der Waals surface area contributed by atoms with Gasteiger partial charge in [-0.1, -0.05) is 60.2 Å². The number of allylic oxidation sites excluding steroid dienone is 1. The molecule has 0 saturated carbocycles. The van der Waals surface area contributed by atoms with Gasteiger partial charge in [-0.3, -0.25) is 4.79 Å². The fraction of sp³-hybridized carbons (Fsp3) is 0.130. The Labute approximate surface area is 163 Å². The van der Waals surface area contributed by atoms with Crippen molar-refractivity contribution in [2.75, 3.05) is 5.32 Å². The van der Waals surface area contributed by atoms with Crippen molar-refractivity contribution in [3.63, 3.8) is 0 Å². The highest BCUT2D eigenvalue weighted by atomic mass is 16.2. The molecule has 0 spiro atoms. The van der Waals surface area contributed by atoms with E-state index in [1.807, 2.05) is 73.7 Å². The molecule has 1 aliphatic rings. The molecule has 0 fully saturated rings. The number of urea groups is 1. The van der Waals surface area contributed by atoms with E-state index in [0.29, 0.717) is 17.0 Å². The minimum atomic E-state index is -0.537. The number of nitrogens with one attached hydrogen (secondary N) is 3. The van der Waals surface area contributed by atoms with E-state index in [4.69, 9.17) is 0 Å². The Balaban J connectivity index is 1.76. The Bertz CT molecular complexity index is 1100. The molecule has 5 nitrogen and oxygen atoms in total. The lowest BCUT2D eigenvalue weighted by Gasteiger charge is -2.29. The summed E-state index contributed by atoms with van der Waals surface area (Å²) in [6.07, 6.45) is 0. The van der Waals surface area contributed by atoms with Crippen molar-refractivity contribution in [3.05, 3.63) is 89.1 Å². The molecule has 0 radical (unpaired) electrons. The summed E-state index contributed by atoms with van der Waals surface area (Å²) in [5, 5.41) is 10.6. The fourth-order valence-electron chi connectivity index (χ4n) is 3.57. The zero-order valence-corrected chi connectivity index (χ0v) is 15.7. The van der Waals surface area contributed by atoms with Gasteiger partial charge in [-0.2, -0.15) is 0 Å². The van der Waals surface area contributed by atoms with E-state index in [2.05, 4.69) is 16.0 Å². The Morgan fingerprint density at radius 3 is 2.43 bits per heavy atom. The van der Waals surface area contributed by atoms with Crippen molar-refractivity contribution in [1.29, 1.82) is 0 Å². The Morgan fingerprint density at radius 1 is 0.929 bits per heavy atom. The maximum Gasteiger partial charge on any atom is 0.319 e. The van der Waals surface area contributed by atoms with Crippen LogP contribution >= 0.6 is 0 Å². The summed E-state index contributed by atoms with van der Waals surface area (Å²) in [6, 6.07) is 20.6. The molecule has 1 aliphatic heterocycles. The second kappa shape index (κ2) is 7.19. The molecule has 3 N–H and O–H groups in total. The van der Waals surface area contributed by atoms with E-state index in [9.17, 15) is 9.59 Å². The number of rotatable bonds is 3. The van der Waals surface area contributed by atoms with Crippen molar-refractivity contribution in [1.82, 2.24) is 10.6 Å². The van der Waals surface area contributed by atoms with Crippen LogP contribution in [0.15, 0.2) is 78.0 Å². The van der Waals surface area contributed by atoms with Crippen LogP contribution in [0.5, 0.6) is 0 Å². The number of fused-ring (bicyclic) bond motifs is 1. The molecule has 0 aromatic heterocycles. The third-order valence-corrected chi connectivity index (χ3v) is 4.96. The van der Waals surface area contributed by atoms with Crippen LogP contribution in [-0.4, -0.2) is 11.9 Å². The van der Waals surface area contributed by atoms with Crippen molar-refractivity contribution < 1.29 is 9.59 Å². The van der Waals surface area contributed by atoms with Crippen molar-refractivity contribution >= 4 is 28.4 Å². The smallest absolute Gasteiger partial charge is 0.319 e. The van der Waals surface area contributed by atoms with E-state index in [1.54, 1.807) is 6.92 Å². The molecular formula is C23H21N3O2. The highest BCUT2D eigenvalue weighted by Gasteiger charge is 2.32. The van der Waals surface area contributed by atoms with E-state index in [-0.39, 0.29) is 11.9 Å². The molecule has 1 heterocycles. The second-order valence-corrected chi connectivity index (χ2v) is 6.96. The summed E-state index contributed by atoms with van der Waals surface area (Å²) in [5.41, 5.74) is 3.77. The molecule has 3 amide bonds. The third-order valence-electron chi connectivity index (χ3n) is 4.96. The molecule has 3 aromatic rings. The van der Waals surface area contributed by atoms with Gasteiger partial charge in [-0.05, 0) is 42.3 Å². The lowest BCUT2D eigenvalue weighted by atomic mass is 9.91. The zero-order chi connectivity index (χ0) is 19.7. The first-order chi connectivity index (χ1) is 13.5. The van der Waals surface area contributed by atoms with Crippen LogP contribution in [-0.2, 0) is 4.79 Å². The molecule has 140 valence electrons. The summed E-state index contributed by atoms with van der Waals surface area (Å²) in [4.78, 5) is 25.3. The van der Waals surface area contributed by atoms with Crippen LogP contribution in [0, 0.1) is 6.92 Å². The quantitative estimate of drug-likeness (QED) is 0.638. The summed E-state index contributed by atoms with van der Waals surface area (Å²) >= 11 is 0. The van der Waals surface area contributed by atoms with Gasteiger partial charge in [0.05, 0.1) is 11.6 Å². The summed E-state index contributed by atoms with van der Waals surface area (Å²) < 4.78 is 0. The maximum absolute atomic E-state index is 13.1. The van der Waals surface area contributed by atoms with Gasteiger partial charge in [0.15, 0.2) is 0 Å². The normalized spacial score (nSPS) is 16.5.